The lowest BCUT2D eigenvalue weighted by Gasteiger charge is -2.10. The Bertz CT molecular complexity index is 309. The van der Waals surface area contributed by atoms with Crippen LogP contribution in [0.4, 0.5) is 0 Å². The van der Waals surface area contributed by atoms with Crippen LogP contribution < -0.4 is 5.32 Å². The molecule has 15 heavy (non-hydrogen) atoms. The first-order valence-corrected chi connectivity index (χ1v) is 5.97. The van der Waals surface area contributed by atoms with Crippen molar-refractivity contribution in [3.63, 3.8) is 0 Å². The number of hydrogen-bond donors (Lipinski definition) is 1. The molecule has 0 heterocycles. The minimum absolute atomic E-state index is 0.742. The van der Waals surface area contributed by atoms with E-state index in [4.69, 9.17) is 11.6 Å². The zero-order valence-corrected chi connectivity index (χ0v) is 10.6. The summed E-state index contributed by atoms with van der Waals surface area (Å²) in [5.41, 5.74) is 2.40. The zero-order valence-electron chi connectivity index (χ0n) is 9.81. The first-order chi connectivity index (χ1) is 7.13. The minimum atomic E-state index is 0.742. The molecule has 84 valence electrons. The minimum Gasteiger partial charge on any atom is -0.312 e. The molecular formula is C13H20ClN. The van der Waals surface area contributed by atoms with E-state index in [2.05, 4.69) is 31.3 Å². The van der Waals surface area contributed by atoms with Crippen LogP contribution in [0.3, 0.4) is 0 Å². The fraction of sp³-hybridized carbons (Fsp3) is 0.538. The highest BCUT2D eigenvalue weighted by atomic mass is 35.5. The van der Waals surface area contributed by atoms with Gasteiger partial charge in [-0.25, -0.2) is 0 Å². The van der Waals surface area contributed by atoms with Crippen molar-refractivity contribution >= 4 is 11.6 Å². The van der Waals surface area contributed by atoms with E-state index in [0.717, 1.165) is 29.6 Å². The molecule has 1 rings (SSSR count). The van der Waals surface area contributed by atoms with Crippen molar-refractivity contribution in [3.05, 3.63) is 34.3 Å². The number of benzene rings is 1. The molecule has 1 unspecified atom stereocenters. The summed E-state index contributed by atoms with van der Waals surface area (Å²) in [6.07, 6.45) is 1.22. The van der Waals surface area contributed by atoms with Crippen LogP contribution in [0.15, 0.2) is 18.2 Å². The van der Waals surface area contributed by atoms with Crippen molar-refractivity contribution in [3.8, 4) is 0 Å². The van der Waals surface area contributed by atoms with Crippen LogP contribution in [0, 0.1) is 12.8 Å². The van der Waals surface area contributed by atoms with E-state index in [1.54, 1.807) is 0 Å². The van der Waals surface area contributed by atoms with Gasteiger partial charge < -0.3 is 5.32 Å². The molecule has 1 N–H and O–H groups in total. The average Bonchev–Trinajstić information content (AvgIpc) is 2.23. The molecule has 1 aromatic rings. The molecule has 0 amide bonds. The molecule has 0 radical (unpaired) electrons. The number of aryl methyl sites for hydroxylation is 1. The lowest BCUT2D eigenvalue weighted by Crippen LogP contribution is -2.20. The first-order valence-electron chi connectivity index (χ1n) is 5.59. The number of rotatable bonds is 5. The average molecular weight is 226 g/mol. The second-order valence-corrected chi connectivity index (χ2v) is 4.64. The smallest absolute Gasteiger partial charge is 0.0438 e. The normalized spacial score (nSPS) is 12.8. The lowest BCUT2D eigenvalue weighted by molar-refractivity contribution is 0.500. The van der Waals surface area contributed by atoms with Gasteiger partial charge >= 0.3 is 0 Å². The van der Waals surface area contributed by atoms with E-state index in [1.165, 1.54) is 12.0 Å². The van der Waals surface area contributed by atoms with Gasteiger partial charge in [-0.05, 0) is 36.6 Å². The van der Waals surface area contributed by atoms with E-state index < -0.39 is 0 Å². The van der Waals surface area contributed by atoms with Gasteiger partial charge in [0.05, 0.1) is 0 Å². The zero-order chi connectivity index (χ0) is 11.3. The summed E-state index contributed by atoms with van der Waals surface area (Å²) in [5.74, 6) is 0.742. The maximum absolute atomic E-state index is 6.05. The van der Waals surface area contributed by atoms with E-state index in [0.29, 0.717) is 0 Å². The van der Waals surface area contributed by atoms with Crippen LogP contribution in [0.5, 0.6) is 0 Å². The van der Waals surface area contributed by atoms with Crippen molar-refractivity contribution in [2.45, 2.75) is 33.7 Å². The molecular weight excluding hydrogens is 206 g/mol. The molecule has 0 spiro atoms. The molecule has 0 aromatic heterocycles. The molecule has 1 atom stereocenters. The van der Waals surface area contributed by atoms with Gasteiger partial charge in [-0.2, -0.15) is 0 Å². The van der Waals surface area contributed by atoms with Gasteiger partial charge in [0.1, 0.15) is 0 Å². The predicted molar refractivity (Wildman–Crippen MR) is 67.4 cm³/mol. The third kappa shape index (κ3) is 4.23. The number of hydrogen-bond acceptors (Lipinski definition) is 1. The largest absolute Gasteiger partial charge is 0.312 e. The third-order valence-corrected chi connectivity index (χ3v) is 3.16. The van der Waals surface area contributed by atoms with E-state index in [-0.39, 0.29) is 0 Å². The van der Waals surface area contributed by atoms with Gasteiger partial charge in [0.15, 0.2) is 0 Å². The molecule has 0 bridgehead atoms. The number of halogens is 1. The molecule has 0 saturated carbocycles. The summed E-state index contributed by atoms with van der Waals surface area (Å²) in [6, 6.07) is 6.24. The van der Waals surface area contributed by atoms with Gasteiger partial charge in [-0.3, -0.25) is 0 Å². The Morgan fingerprint density at radius 2 is 2.13 bits per heavy atom. The molecule has 1 nitrogen and oxygen atoms in total. The summed E-state index contributed by atoms with van der Waals surface area (Å²) < 4.78 is 0. The Kier molecular flexibility index (Phi) is 5.13. The van der Waals surface area contributed by atoms with Gasteiger partial charge in [-0.1, -0.05) is 44.0 Å². The van der Waals surface area contributed by atoms with Crippen LogP contribution in [0.1, 0.15) is 31.4 Å². The summed E-state index contributed by atoms with van der Waals surface area (Å²) in [6.45, 7) is 8.48. The highest BCUT2D eigenvalue weighted by Crippen LogP contribution is 2.16. The fourth-order valence-electron chi connectivity index (χ4n) is 1.35. The summed E-state index contributed by atoms with van der Waals surface area (Å²) in [5, 5.41) is 4.30. The molecule has 0 saturated heterocycles. The van der Waals surface area contributed by atoms with Crippen molar-refractivity contribution in [2.75, 3.05) is 6.54 Å². The lowest BCUT2D eigenvalue weighted by atomic mass is 10.1. The highest BCUT2D eigenvalue weighted by Gasteiger charge is 2.00. The molecule has 0 fully saturated rings. The molecule has 0 aliphatic rings. The Morgan fingerprint density at radius 3 is 2.73 bits per heavy atom. The van der Waals surface area contributed by atoms with Crippen molar-refractivity contribution in [1.82, 2.24) is 5.32 Å². The Labute approximate surface area is 97.8 Å². The molecule has 0 aliphatic heterocycles. The fourth-order valence-corrected chi connectivity index (χ4v) is 1.56. The molecule has 0 aliphatic carbocycles. The van der Waals surface area contributed by atoms with Crippen molar-refractivity contribution in [1.29, 1.82) is 0 Å². The van der Waals surface area contributed by atoms with Crippen molar-refractivity contribution in [2.24, 2.45) is 5.92 Å². The molecule has 2 heteroatoms. The van der Waals surface area contributed by atoms with E-state index in [1.807, 2.05) is 13.0 Å². The van der Waals surface area contributed by atoms with E-state index in [9.17, 15) is 0 Å². The van der Waals surface area contributed by atoms with Crippen LogP contribution in [0.25, 0.3) is 0 Å². The summed E-state index contributed by atoms with van der Waals surface area (Å²) >= 11 is 6.05. The SMILES string of the molecule is CCC(C)CNCc1ccc(C)c(Cl)c1. The summed E-state index contributed by atoms with van der Waals surface area (Å²) in [7, 11) is 0. The highest BCUT2D eigenvalue weighted by molar-refractivity contribution is 6.31. The molecule has 1 aromatic carbocycles. The standard InChI is InChI=1S/C13H20ClN/c1-4-10(2)8-15-9-12-6-5-11(3)13(14)7-12/h5-7,10,15H,4,8-9H2,1-3H3. The third-order valence-electron chi connectivity index (χ3n) is 2.76. The monoisotopic (exact) mass is 225 g/mol. The van der Waals surface area contributed by atoms with Gasteiger partial charge in [0.2, 0.25) is 0 Å². The Balaban J connectivity index is 2.41. The van der Waals surface area contributed by atoms with Crippen LogP contribution in [-0.4, -0.2) is 6.54 Å². The Morgan fingerprint density at radius 1 is 1.40 bits per heavy atom. The second kappa shape index (κ2) is 6.14. The van der Waals surface area contributed by atoms with Gasteiger partial charge in [0, 0.05) is 11.6 Å². The number of nitrogens with one attached hydrogen (secondary N) is 1. The quantitative estimate of drug-likeness (QED) is 0.804. The van der Waals surface area contributed by atoms with E-state index >= 15 is 0 Å². The maximum Gasteiger partial charge on any atom is 0.0438 e. The predicted octanol–water partition coefficient (Wildman–Crippen LogP) is 3.78. The second-order valence-electron chi connectivity index (χ2n) is 4.23. The topological polar surface area (TPSA) is 12.0 Å². The summed E-state index contributed by atoms with van der Waals surface area (Å²) in [4.78, 5) is 0. The van der Waals surface area contributed by atoms with Gasteiger partial charge in [0.25, 0.3) is 0 Å². The maximum atomic E-state index is 6.05. The van der Waals surface area contributed by atoms with Crippen LogP contribution in [-0.2, 0) is 6.54 Å². The Hall–Kier alpha value is -0.530. The van der Waals surface area contributed by atoms with Gasteiger partial charge in [-0.15, -0.1) is 0 Å². The first kappa shape index (κ1) is 12.5. The van der Waals surface area contributed by atoms with Crippen LogP contribution >= 0.6 is 11.6 Å². The van der Waals surface area contributed by atoms with Crippen molar-refractivity contribution < 1.29 is 0 Å². The van der Waals surface area contributed by atoms with Crippen LogP contribution in [0.2, 0.25) is 5.02 Å².